The molecule has 0 radical (unpaired) electrons. The third-order valence-electron chi connectivity index (χ3n) is 4.65. The molecule has 0 aliphatic carbocycles. The number of rotatable bonds is 9. The second kappa shape index (κ2) is 10.5. The van der Waals surface area contributed by atoms with Gasteiger partial charge < -0.3 is 14.4 Å². The highest BCUT2D eigenvalue weighted by atomic mass is 32.2. The van der Waals surface area contributed by atoms with Gasteiger partial charge in [-0.25, -0.2) is 4.98 Å². The van der Waals surface area contributed by atoms with Crippen LogP contribution in [0, 0.1) is 6.92 Å². The van der Waals surface area contributed by atoms with Crippen LogP contribution < -0.4 is 9.47 Å². The number of thioether (sulfide) groups is 1. The molecule has 0 atom stereocenters. The zero-order valence-electron chi connectivity index (χ0n) is 17.7. The van der Waals surface area contributed by atoms with Crippen molar-refractivity contribution in [3.8, 4) is 11.5 Å². The van der Waals surface area contributed by atoms with Crippen LogP contribution in [0.25, 0.3) is 0 Å². The van der Waals surface area contributed by atoms with Crippen molar-refractivity contribution in [2.24, 2.45) is 0 Å². The van der Waals surface area contributed by atoms with Gasteiger partial charge in [0.25, 0.3) is 5.91 Å². The highest BCUT2D eigenvalue weighted by molar-refractivity contribution is 8.00. The molecule has 0 saturated heterocycles. The number of carbonyl (C=O) groups excluding carboxylic acids is 1. The normalized spacial score (nSPS) is 10.7. The van der Waals surface area contributed by atoms with Crippen LogP contribution in [-0.4, -0.2) is 36.6 Å². The first kappa shape index (κ1) is 22.2. The molecule has 0 aliphatic rings. The fraction of sp³-hybridized carbons (Fsp3) is 0.304. The average molecular weight is 443 g/mol. The lowest BCUT2D eigenvalue weighted by Crippen LogP contribution is -2.30. The molecule has 1 heterocycles. The van der Waals surface area contributed by atoms with Crippen LogP contribution in [0.3, 0.4) is 0 Å². The van der Waals surface area contributed by atoms with Gasteiger partial charge in [0, 0.05) is 35.5 Å². The zero-order chi connectivity index (χ0) is 21.5. The SMILES string of the molecule is CCN(Cc1ccc(OC)c(OC)c1)C(=O)c1ccc(CSc2nc(C)cs2)cc1. The van der Waals surface area contributed by atoms with Gasteiger partial charge in [0.1, 0.15) is 4.34 Å². The number of benzene rings is 2. The fourth-order valence-corrected chi connectivity index (χ4v) is 4.80. The first-order valence-corrected chi connectivity index (χ1v) is 11.5. The first-order valence-electron chi connectivity index (χ1n) is 9.68. The van der Waals surface area contributed by atoms with Crippen molar-refractivity contribution in [1.29, 1.82) is 0 Å². The maximum atomic E-state index is 13.0. The molecule has 3 rings (SSSR count). The number of hydrogen-bond acceptors (Lipinski definition) is 6. The number of amides is 1. The van der Waals surface area contributed by atoms with E-state index in [1.807, 2.05) is 61.2 Å². The lowest BCUT2D eigenvalue weighted by Gasteiger charge is -2.22. The van der Waals surface area contributed by atoms with Gasteiger partial charge in [0.15, 0.2) is 11.5 Å². The molecule has 0 fully saturated rings. The molecule has 2 aromatic carbocycles. The molecule has 0 aliphatic heterocycles. The minimum atomic E-state index is 0.0158. The fourth-order valence-electron chi connectivity index (χ4n) is 3.00. The summed E-state index contributed by atoms with van der Waals surface area (Å²) in [6.45, 7) is 5.12. The topological polar surface area (TPSA) is 51.7 Å². The highest BCUT2D eigenvalue weighted by Crippen LogP contribution is 2.29. The van der Waals surface area contributed by atoms with Crippen molar-refractivity contribution in [2.45, 2.75) is 30.5 Å². The van der Waals surface area contributed by atoms with E-state index >= 15 is 0 Å². The third-order valence-corrected chi connectivity index (χ3v) is 6.86. The van der Waals surface area contributed by atoms with Crippen LogP contribution in [0.5, 0.6) is 11.5 Å². The van der Waals surface area contributed by atoms with E-state index in [4.69, 9.17) is 9.47 Å². The summed E-state index contributed by atoms with van der Waals surface area (Å²) in [6.07, 6.45) is 0. The number of ether oxygens (including phenoxy) is 2. The van der Waals surface area contributed by atoms with Gasteiger partial charge in [-0.1, -0.05) is 30.0 Å². The van der Waals surface area contributed by atoms with E-state index in [0.717, 1.165) is 21.3 Å². The van der Waals surface area contributed by atoms with Crippen LogP contribution in [0.2, 0.25) is 0 Å². The monoisotopic (exact) mass is 442 g/mol. The summed E-state index contributed by atoms with van der Waals surface area (Å²) in [5, 5.41) is 2.06. The summed E-state index contributed by atoms with van der Waals surface area (Å²) in [4.78, 5) is 19.3. The molecule has 1 amide bonds. The predicted octanol–water partition coefficient (Wildman–Crippen LogP) is 5.42. The third kappa shape index (κ3) is 5.55. The summed E-state index contributed by atoms with van der Waals surface area (Å²) >= 11 is 3.38. The molecule has 158 valence electrons. The smallest absolute Gasteiger partial charge is 0.254 e. The first-order chi connectivity index (χ1) is 14.5. The van der Waals surface area contributed by atoms with Gasteiger partial charge in [0.2, 0.25) is 0 Å². The molecule has 0 unspecified atom stereocenters. The predicted molar refractivity (Wildman–Crippen MR) is 123 cm³/mol. The van der Waals surface area contributed by atoms with Crippen LogP contribution in [0.1, 0.15) is 34.1 Å². The molecule has 0 bridgehead atoms. The van der Waals surface area contributed by atoms with Gasteiger partial charge in [-0.05, 0) is 49.2 Å². The molecule has 0 saturated carbocycles. The minimum absolute atomic E-state index is 0.0158. The van der Waals surface area contributed by atoms with Gasteiger partial charge in [0.05, 0.1) is 14.2 Å². The summed E-state index contributed by atoms with van der Waals surface area (Å²) in [5.41, 5.74) is 3.91. The van der Waals surface area contributed by atoms with E-state index in [-0.39, 0.29) is 5.91 Å². The Kier molecular flexibility index (Phi) is 7.76. The maximum Gasteiger partial charge on any atom is 0.254 e. The molecule has 1 aromatic heterocycles. The number of carbonyl (C=O) groups is 1. The van der Waals surface area contributed by atoms with Crippen molar-refractivity contribution < 1.29 is 14.3 Å². The standard InChI is InChI=1S/C23H26N2O3S2/c1-5-25(13-18-8-11-20(27-3)21(12-18)28-4)22(26)19-9-6-17(7-10-19)15-30-23-24-16(2)14-29-23/h6-12,14H,5,13,15H2,1-4H3. The Hall–Kier alpha value is -2.51. The van der Waals surface area contributed by atoms with E-state index in [1.54, 1.807) is 37.3 Å². The van der Waals surface area contributed by atoms with Crippen LogP contribution in [0.4, 0.5) is 0 Å². The van der Waals surface area contributed by atoms with E-state index in [2.05, 4.69) is 10.4 Å². The van der Waals surface area contributed by atoms with Gasteiger partial charge in [-0.15, -0.1) is 11.3 Å². The quantitative estimate of drug-likeness (QED) is 0.414. The molecular weight excluding hydrogens is 416 g/mol. The lowest BCUT2D eigenvalue weighted by molar-refractivity contribution is 0.0752. The van der Waals surface area contributed by atoms with Crippen molar-refractivity contribution in [1.82, 2.24) is 9.88 Å². The van der Waals surface area contributed by atoms with E-state index in [0.29, 0.717) is 30.2 Å². The van der Waals surface area contributed by atoms with Gasteiger partial charge in [-0.3, -0.25) is 4.79 Å². The Morgan fingerprint density at radius 2 is 1.77 bits per heavy atom. The number of methoxy groups -OCH3 is 2. The number of nitrogens with zero attached hydrogens (tertiary/aromatic N) is 2. The number of thiazole rings is 1. The zero-order valence-corrected chi connectivity index (χ0v) is 19.3. The molecular formula is C23H26N2O3S2. The molecule has 30 heavy (non-hydrogen) atoms. The summed E-state index contributed by atoms with van der Waals surface area (Å²) in [6, 6.07) is 13.6. The van der Waals surface area contributed by atoms with Crippen LogP contribution >= 0.6 is 23.1 Å². The van der Waals surface area contributed by atoms with Crippen LogP contribution in [0.15, 0.2) is 52.2 Å². The van der Waals surface area contributed by atoms with Crippen LogP contribution in [-0.2, 0) is 12.3 Å². The Morgan fingerprint density at radius 3 is 2.37 bits per heavy atom. The Morgan fingerprint density at radius 1 is 1.07 bits per heavy atom. The van der Waals surface area contributed by atoms with Crippen molar-refractivity contribution in [3.63, 3.8) is 0 Å². The maximum absolute atomic E-state index is 13.0. The van der Waals surface area contributed by atoms with E-state index in [9.17, 15) is 4.79 Å². The lowest BCUT2D eigenvalue weighted by atomic mass is 10.1. The number of aryl methyl sites for hydroxylation is 1. The Labute approximate surface area is 186 Å². The highest BCUT2D eigenvalue weighted by Gasteiger charge is 2.16. The Balaban J connectivity index is 1.65. The second-order valence-corrected chi connectivity index (χ2v) is 8.83. The van der Waals surface area contributed by atoms with Crippen molar-refractivity contribution >= 4 is 29.0 Å². The molecule has 0 N–H and O–H groups in total. The second-order valence-electron chi connectivity index (χ2n) is 6.75. The summed E-state index contributed by atoms with van der Waals surface area (Å²) in [5.74, 6) is 2.19. The Bertz CT molecular complexity index is 986. The molecule has 0 spiro atoms. The number of aromatic nitrogens is 1. The average Bonchev–Trinajstić information content (AvgIpc) is 3.20. The molecule has 5 nitrogen and oxygen atoms in total. The van der Waals surface area contributed by atoms with Crippen molar-refractivity contribution in [2.75, 3.05) is 20.8 Å². The van der Waals surface area contributed by atoms with E-state index < -0.39 is 0 Å². The minimum Gasteiger partial charge on any atom is -0.493 e. The largest absolute Gasteiger partial charge is 0.493 e. The summed E-state index contributed by atoms with van der Waals surface area (Å²) < 4.78 is 11.7. The summed E-state index contributed by atoms with van der Waals surface area (Å²) in [7, 11) is 3.22. The molecule has 7 heteroatoms. The van der Waals surface area contributed by atoms with Gasteiger partial charge in [-0.2, -0.15) is 0 Å². The molecule has 3 aromatic rings. The van der Waals surface area contributed by atoms with Gasteiger partial charge >= 0.3 is 0 Å². The number of hydrogen-bond donors (Lipinski definition) is 0. The van der Waals surface area contributed by atoms with Crippen molar-refractivity contribution in [3.05, 3.63) is 70.2 Å². The van der Waals surface area contributed by atoms with E-state index in [1.165, 1.54) is 5.56 Å².